The first-order valence-corrected chi connectivity index (χ1v) is 9.65. The fourth-order valence-corrected chi connectivity index (χ4v) is 3.55. The monoisotopic (exact) mass is 387 g/mol. The van der Waals surface area contributed by atoms with Crippen molar-refractivity contribution in [2.45, 2.75) is 6.54 Å². The molecule has 0 radical (unpaired) electrons. The predicted molar refractivity (Wildman–Crippen MR) is 109 cm³/mol. The van der Waals surface area contributed by atoms with Gasteiger partial charge in [0.05, 0.1) is 22.3 Å². The van der Waals surface area contributed by atoms with Gasteiger partial charge in [0.25, 0.3) is 5.91 Å². The van der Waals surface area contributed by atoms with Crippen molar-refractivity contribution in [1.29, 1.82) is 0 Å². The number of hydrogen-bond acceptors (Lipinski definition) is 4. The van der Waals surface area contributed by atoms with Gasteiger partial charge in [0.15, 0.2) is 0 Å². The van der Waals surface area contributed by atoms with E-state index < -0.39 is 0 Å². The molecule has 4 rings (SSSR count). The highest BCUT2D eigenvalue weighted by atomic mass is 32.1. The molecule has 0 unspecified atom stereocenters. The van der Waals surface area contributed by atoms with E-state index in [2.05, 4.69) is 10.4 Å². The molecule has 0 saturated heterocycles. The quantitative estimate of drug-likeness (QED) is 0.507. The molecule has 2 heterocycles. The Kier molecular flexibility index (Phi) is 5.12. The highest BCUT2D eigenvalue weighted by Gasteiger charge is 2.18. The Morgan fingerprint density at radius 1 is 0.929 bits per heavy atom. The maximum absolute atomic E-state index is 12.7. The third-order valence-corrected chi connectivity index (χ3v) is 5.14. The van der Waals surface area contributed by atoms with Crippen LogP contribution in [0.5, 0.6) is 0 Å². The van der Waals surface area contributed by atoms with Crippen molar-refractivity contribution in [3.8, 4) is 5.69 Å². The second-order valence-corrected chi connectivity index (χ2v) is 7.11. The van der Waals surface area contributed by atoms with E-state index in [4.69, 9.17) is 0 Å². The van der Waals surface area contributed by atoms with Crippen molar-refractivity contribution in [1.82, 2.24) is 15.1 Å². The number of carbonyl (C=O) groups excluding carboxylic acids is 2. The maximum atomic E-state index is 12.7. The van der Waals surface area contributed by atoms with Crippen LogP contribution in [0, 0.1) is 0 Å². The summed E-state index contributed by atoms with van der Waals surface area (Å²) in [5, 5.41) is 9.06. The lowest BCUT2D eigenvalue weighted by Crippen LogP contribution is -2.24. The second-order valence-electron chi connectivity index (χ2n) is 6.16. The molecule has 0 aliphatic heterocycles. The lowest BCUT2D eigenvalue weighted by Gasteiger charge is -2.08. The fraction of sp³-hybridized carbons (Fsp3) is 0.0455. The number of nitrogens with zero attached hydrogens (tertiary/aromatic N) is 2. The van der Waals surface area contributed by atoms with E-state index in [9.17, 15) is 9.59 Å². The van der Waals surface area contributed by atoms with Crippen molar-refractivity contribution in [3.63, 3.8) is 0 Å². The first kappa shape index (κ1) is 17.9. The zero-order valence-electron chi connectivity index (χ0n) is 14.9. The number of amides is 1. The SMILES string of the molecule is O=C(NCc1cnn(-c2ccccc2)c1)c1ccccc1C(=O)c1cccs1. The van der Waals surface area contributed by atoms with Crippen molar-refractivity contribution >= 4 is 23.0 Å². The molecule has 0 fully saturated rings. The molecule has 4 aromatic rings. The Morgan fingerprint density at radius 2 is 1.68 bits per heavy atom. The average Bonchev–Trinajstić information content (AvgIpc) is 3.44. The molecular weight excluding hydrogens is 370 g/mol. The van der Waals surface area contributed by atoms with Gasteiger partial charge in [-0.3, -0.25) is 9.59 Å². The van der Waals surface area contributed by atoms with E-state index in [1.165, 1.54) is 11.3 Å². The topological polar surface area (TPSA) is 64.0 Å². The molecule has 0 saturated carbocycles. The Bertz CT molecular complexity index is 1100. The number of hydrogen-bond donors (Lipinski definition) is 1. The summed E-state index contributed by atoms with van der Waals surface area (Å²) in [6.07, 6.45) is 3.59. The third-order valence-electron chi connectivity index (χ3n) is 4.27. The van der Waals surface area contributed by atoms with Crippen LogP contribution >= 0.6 is 11.3 Å². The summed E-state index contributed by atoms with van der Waals surface area (Å²) in [5.74, 6) is -0.425. The Balaban J connectivity index is 1.48. The molecular formula is C22H17N3O2S. The van der Waals surface area contributed by atoms with Crippen molar-refractivity contribution in [2.24, 2.45) is 0 Å². The van der Waals surface area contributed by atoms with Crippen LogP contribution in [-0.2, 0) is 6.54 Å². The number of nitrogens with one attached hydrogen (secondary N) is 1. The number of thiophene rings is 1. The van der Waals surface area contributed by atoms with E-state index in [0.29, 0.717) is 22.5 Å². The molecule has 0 bridgehead atoms. The third kappa shape index (κ3) is 3.77. The number of ketones is 1. The molecule has 0 spiro atoms. The summed E-state index contributed by atoms with van der Waals surface area (Å²) in [7, 11) is 0. The van der Waals surface area contributed by atoms with Gasteiger partial charge in [-0.25, -0.2) is 4.68 Å². The van der Waals surface area contributed by atoms with Crippen LogP contribution in [0.1, 0.15) is 31.2 Å². The minimum Gasteiger partial charge on any atom is -0.348 e. The van der Waals surface area contributed by atoms with E-state index in [-0.39, 0.29) is 11.7 Å². The molecule has 1 amide bonds. The van der Waals surface area contributed by atoms with Gasteiger partial charge in [-0.15, -0.1) is 11.3 Å². The maximum Gasteiger partial charge on any atom is 0.252 e. The van der Waals surface area contributed by atoms with E-state index in [1.807, 2.05) is 48.0 Å². The Hall–Kier alpha value is -3.51. The summed E-state index contributed by atoms with van der Waals surface area (Å²) >= 11 is 1.36. The van der Waals surface area contributed by atoms with Gasteiger partial charge < -0.3 is 5.32 Å². The van der Waals surface area contributed by atoms with Crippen LogP contribution in [0.4, 0.5) is 0 Å². The van der Waals surface area contributed by atoms with Crippen LogP contribution < -0.4 is 5.32 Å². The zero-order chi connectivity index (χ0) is 19.3. The van der Waals surface area contributed by atoms with Crippen LogP contribution in [0.25, 0.3) is 5.69 Å². The van der Waals surface area contributed by atoms with Crippen molar-refractivity contribution < 1.29 is 9.59 Å². The minimum atomic E-state index is -0.284. The predicted octanol–water partition coefficient (Wildman–Crippen LogP) is 4.09. The molecule has 6 heteroatoms. The number of carbonyl (C=O) groups is 2. The normalized spacial score (nSPS) is 10.6. The standard InChI is InChI=1S/C22H17N3O2S/c26-21(20-11-6-12-28-20)18-9-4-5-10-19(18)22(27)23-13-16-14-24-25(15-16)17-7-2-1-3-8-17/h1-12,14-15H,13H2,(H,23,27). The van der Waals surface area contributed by atoms with Crippen molar-refractivity contribution in [3.05, 3.63) is 106 Å². The summed E-state index contributed by atoms with van der Waals surface area (Å²) in [4.78, 5) is 26.0. The van der Waals surface area contributed by atoms with Crippen LogP contribution in [0.15, 0.2) is 84.5 Å². The van der Waals surface area contributed by atoms with Gasteiger partial charge in [-0.1, -0.05) is 42.5 Å². The summed E-state index contributed by atoms with van der Waals surface area (Å²) in [6.45, 7) is 0.327. The van der Waals surface area contributed by atoms with E-state index in [1.54, 1.807) is 41.2 Å². The van der Waals surface area contributed by atoms with Crippen molar-refractivity contribution in [2.75, 3.05) is 0 Å². The average molecular weight is 387 g/mol. The largest absolute Gasteiger partial charge is 0.348 e. The molecule has 2 aromatic carbocycles. The first-order chi connectivity index (χ1) is 13.7. The van der Waals surface area contributed by atoms with Crippen LogP contribution in [0.3, 0.4) is 0 Å². The molecule has 138 valence electrons. The Morgan fingerprint density at radius 3 is 2.43 bits per heavy atom. The number of benzene rings is 2. The van der Waals surface area contributed by atoms with E-state index >= 15 is 0 Å². The summed E-state index contributed by atoms with van der Waals surface area (Å²) in [6, 6.07) is 20.2. The van der Waals surface area contributed by atoms with Gasteiger partial charge in [0, 0.05) is 23.9 Å². The summed E-state index contributed by atoms with van der Waals surface area (Å²) in [5.41, 5.74) is 2.60. The van der Waals surface area contributed by atoms with E-state index in [0.717, 1.165) is 11.3 Å². The number of para-hydroxylation sites is 1. The highest BCUT2D eigenvalue weighted by Crippen LogP contribution is 2.18. The van der Waals surface area contributed by atoms with Gasteiger partial charge in [0.1, 0.15) is 0 Å². The minimum absolute atomic E-state index is 0.141. The van der Waals surface area contributed by atoms with Crippen LogP contribution in [-0.4, -0.2) is 21.5 Å². The smallest absolute Gasteiger partial charge is 0.252 e. The summed E-state index contributed by atoms with van der Waals surface area (Å²) < 4.78 is 1.76. The molecule has 0 aliphatic rings. The van der Waals surface area contributed by atoms with Gasteiger partial charge in [-0.2, -0.15) is 5.10 Å². The van der Waals surface area contributed by atoms with Crippen LogP contribution in [0.2, 0.25) is 0 Å². The molecule has 0 aliphatic carbocycles. The molecule has 5 nitrogen and oxygen atoms in total. The number of rotatable bonds is 6. The Labute approximate surface area is 166 Å². The number of aromatic nitrogens is 2. The molecule has 2 aromatic heterocycles. The lowest BCUT2D eigenvalue weighted by atomic mass is 10.0. The lowest BCUT2D eigenvalue weighted by molar-refractivity contribution is 0.0940. The van der Waals surface area contributed by atoms with Gasteiger partial charge >= 0.3 is 0 Å². The molecule has 28 heavy (non-hydrogen) atoms. The fourth-order valence-electron chi connectivity index (χ4n) is 2.87. The zero-order valence-corrected chi connectivity index (χ0v) is 15.7. The first-order valence-electron chi connectivity index (χ1n) is 8.77. The van der Waals surface area contributed by atoms with Gasteiger partial charge in [0.2, 0.25) is 5.78 Å². The second kappa shape index (κ2) is 8.02. The molecule has 0 atom stereocenters. The van der Waals surface area contributed by atoms with Gasteiger partial charge in [-0.05, 0) is 29.6 Å². The molecule has 1 N–H and O–H groups in total. The highest BCUT2D eigenvalue weighted by molar-refractivity contribution is 7.12.